The molecule has 0 saturated heterocycles. The van der Waals surface area contributed by atoms with Crippen LogP contribution in [0.15, 0.2) is 73.2 Å². The lowest BCUT2D eigenvalue weighted by Crippen LogP contribution is -1.99. The highest BCUT2D eigenvalue weighted by molar-refractivity contribution is 5.69. The molecule has 0 aliphatic rings. The van der Waals surface area contributed by atoms with Gasteiger partial charge in [-0.2, -0.15) is 5.10 Å². The van der Waals surface area contributed by atoms with Crippen molar-refractivity contribution in [3.63, 3.8) is 0 Å². The van der Waals surface area contributed by atoms with Gasteiger partial charge in [0.2, 0.25) is 0 Å². The highest BCUT2D eigenvalue weighted by atomic mass is 16.5. The second kappa shape index (κ2) is 7.29. The second-order valence-corrected chi connectivity index (χ2v) is 5.85. The third kappa shape index (κ3) is 3.37. The van der Waals surface area contributed by atoms with Crippen LogP contribution in [0, 0.1) is 0 Å². The van der Waals surface area contributed by atoms with E-state index in [-0.39, 0.29) is 0 Å². The lowest BCUT2D eigenvalue weighted by atomic mass is 10.1. The molecule has 0 amide bonds. The molecule has 4 aromatic rings. The van der Waals surface area contributed by atoms with E-state index in [1.54, 1.807) is 20.4 Å². The van der Waals surface area contributed by atoms with Crippen LogP contribution in [0.5, 0.6) is 11.5 Å². The first kappa shape index (κ1) is 16.8. The minimum Gasteiger partial charge on any atom is -0.497 e. The second-order valence-electron chi connectivity index (χ2n) is 5.85. The van der Waals surface area contributed by atoms with Crippen molar-refractivity contribution in [1.29, 1.82) is 0 Å². The number of benzene rings is 2. The first-order chi connectivity index (χ1) is 13.3. The Morgan fingerprint density at radius 1 is 0.778 bits per heavy atom. The van der Waals surface area contributed by atoms with Crippen LogP contribution in [-0.4, -0.2) is 34.0 Å². The van der Waals surface area contributed by atoms with Crippen molar-refractivity contribution in [3.05, 3.63) is 73.2 Å². The number of ether oxygens (including phenoxy) is 2. The van der Waals surface area contributed by atoms with Gasteiger partial charge in [0.05, 0.1) is 31.3 Å². The van der Waals surface area contributed by atoms with Crippen LogP contribution in [0.1, 0.15) is 0 Å². The largest absolute Gasteiger partial charge is 0.497 e. The zero-order valence-electron chi connectivity index (χ0n) is 15.0. The number of methoxy groups -OCH3 is 2. The van der Waals surface area contributed by atoms with Gasteiger partial charge in [0, 0.05) is 11.8 Å². The van der Waals surface area contributed by atoms with Crippen molar-refractivity contribution >= 4 is 0 Å². The third-order valence-electron chi connectivity index (χ3n) is 4.26. The van der Waals surface area contributed by atoms with E-state index in [0.717, 1.165) is 39.8 Å². The van der Waals surface area contributed by atoms with Gasteiger partial charge in [-0.05, 0) is 60.7 Å². The van der Waals surface area contributed by atoms with E-state index >= 15 is 0 Å². The lowest BCUT2D eigenvalue weighted by molar-refractivity contribution is 0.414. The quantitative estimate of drug-likeness (QED) is 0.539. The maximum Gasteiger partial charge on any atom is 0.119 e. The van der Waals surface area contributed by atoms with E-state index in [1.165, 1.54) is 6.33 Å². The van der Waals surface area contributed by atoms with Gasteiger partial charge >= 0.3 is 0 Å². The summed E-state index contributed by atoms with van der Waals surface area (Å²) in [7, 11) is 3.31. The van der Waals surface area contributed by atoms with Gasteiger partial charge in [-0.25, -0.2) is 14.6 Å². The molecule has 0 unspecified atom stereocenters. The number of aromatic nitrogens is 4. The zero-order valence-corrected chi connectivity index (χ0v) is 15.0. The molecule has 2 aromatic carbocycles. The van der Waals surface area contributed by atoms with Crippen LogP contribution in [0.25, 0.3) is 28.3 Å². The average molecular weight is 358 g/mol. The summed E-state index contributed by atoms with van der Waals surface area (Å²) in [5.74, 6) is 1.61. The SMILES string of the molecule is COc1ccc(-c2cc(-c3ccncn3)nn2-c2ccc(OC)cc2)cc1. The number of hydrogen-bond donors (Lipinski definition) is 0. The normalized spacial score (nSPS) is 10.6. The van der Waals surface area contributed by atoms with Gasteiger partial charge in [0.1, 0.15) is 23.5 Å². The van der Waals surface area contributed by atoms with Gasteiger partial charge in [-0.1, -0.05) is 0 Å². The maximum atomic E-state index is 5.27. The van der Waals surface area contributed by atoms with Crippen molar-refractivity contribution < 1.29 is 9.47 Å². The van der Waals surface area contributed by atoms with Crippen LogP contribution in [0.2, 0.25) is 0 Å². The van der Waals surface area contributed by atoms with E-state index < -0.39 is 0 Å². The molecule has 0 N–H and O–H groups in total. The summed E-state index contributed by atoms with van der Waals surface area (Å²) in [6, 6.07) is 19.5. The van der Waals surface area contributed by atoms with Crippen molar-refractivity contribution in [2.24, 2.45) is 0 Å². The van der Waals surface area contributed by atoms with E-state index in [9.17, 15) is 0 Å². The molecule has 0 fully saturated rings. The minimum atomic E-state index is 0.770. The van der Waals surface area contributed by atoms with Gasteiger partial charge in [-0.3, -0.25) is 0 Å². The molecule has 0 spiro atoms. The molecule has 0 bridgehead atoms. The van der Waals surface area contributed by atoms with E-state index in [0.29, 0.717) is 0 Å². The predicted octanol–water partition coefficient (Wildman–Crippen LogP) is 4.01. The van der Waals surface area contributed by atoms with Gasteiger partial charge in [-0.15, -0.1) is 0 Å². The van der Waals surface area contributed by atoms with Gasteiger partial charge in [0.25, 0.3) is 0 Å². The smallest absolute Gasteiger partial charge is 0.119 e. The first-order valence-corrected chi connectivity index (χ1v) is 8.44. The van der Waals surface area contributed by atoms with Crippen LogP contribution in [-0.2, 0) is 0 Å². The van der Waals surface area contributed by atoms with E-state index in [2.05, 4.69) is 9.97 Å². The highest BCUT2D eigenvalue weighted by Crippen LogP contribution is 2.29. The first-order valence-electron chi connectivity index (χ1n) is 8.44. The van der Waals surface area contributed by atoms with Crippen LogP contribution in [0.4, 0.5) is 0 Å². The van der Waals surface area contributed by atoms with Crippen molar-refractivity contribution in [2.75, 3.05) is 14.2 Å². The minimum absolute atomic E-state index is 0.770. The Hall–Kier alpha value is -3.67. The Kier molecular flexibility index (Phi) is 4.53. The summed E-state index contributed by atoms with van der Waals surface area (Å²) in [4.78, 5) is 8.30. The maximum absolute atomic E-state index is 5.27. The molecule has 2 heterocycles. The molecule has 27 heavy (non-hydrogen) atoms. The summed E-state index contributed by atoms with van der Waals surface area (Å²) >= 11 is 0. The fourth-order valence-electron chi connectivity index (χ4n) is 2.84. The molecule has 6 nitrogen and oxygen atoms in total. The summed E-state index contributed by atoms with van der Waals surface area (Å²) in [6.45, 7) is 0. The molecule has 4 rings (SSSR count). The Morgan fingerprint density at radius 3 is 2.04 bits per heavy atom. The average Bonchev–Trinajstić information content (AvgIpc) is 3.20. The van der Waals surface area contributed by atoms with Gasteiger partial charge in [0.15, 0.2) is 0 Å². The predicted molar refractivity (Wildman–Crippen MR) is 103 cm³/mol. The van der Waals surface area contributed by atoms with Gasteiger partial charge < -0.3 is 9.47 Å². The summed E-state index contributed by atoms with van der Waals surface area (Å²) < 4.78 is 12.4. The van der Waals surface area contributed by atoms with Crippen molar-refractivity contribution in [1.82, 2.24) is 19.7 Å². The summed E-state index contributed by atoms with van der Waals surface area (Å²) in [5, 5.41) is 4.78. The molecule has 0 aliphatic heterocycles. The fourth-order valence-corrected chi connectivity index (χ4v) is 2.84. The van der Waals surface area contributed by atoms with Crippen LogP contribution < -0.4 is 9.47 Å². The van der Waals surface area contributed by atoms with Crippen molar-refractivity contribution in [3.8, 4) is 39.8 Å². The number of nitrogens with zero attached hydrogens (tertiary/aromatic N) is 4. The molecular formula is C21H18N4O2. The Bertz CT molecular complexity index is 961. The molecule has 0 saturated carbocycles. The molecule has 6 heteroatoms. The van der Waals surface area contributed by atoms with Crippen LogP contribution in [0.3, 0.4) is 0 Å². The lowest BCUT2D eigenvalue weighted by Gasteiger charge is -2.09. The third-order valence-corrected chi connectivity index (χ3v) is 4.26. The molecule has 0 aliphatic carbocycles. The standard InChI is InChI=1S/C21H18N4O2/c1-26-17-7-3-15(4-8-17)21-13-20(19-11-12-22-14-23-19)24-25(21)16-5-9-18(27-2)10-6-16/h3-14H,1-2H3. The highest BCUT2D eigenvalue weighted by Gasteiger charge is 2.14. The topological polar surface area (TPSA) is 62.1 Å². The van der Waals surface area contributed by atoms with E-state index in [1.807, 2.05) is 65.3 Å². The van der Waals surface area contributed by atoms with Crippen LogP contribution >= 0.6 is 0 Å². The summed E-state index contributed by atoms with van der Waals surface area (Å²) in [5.41, 5.74) is 4.46. The summed E-state index contributed by atoms with van der Waals surface area (Å²) in [6.07, 6.45) is 3.23. The Labute approximate surface area is 157 Å². The van der Waals surface area contributed by atoms with Crippen molar-refractivity contribution in [2.45, 2.75) is 0 Å². The number of rotatable bonds is 5. The Morgan fingerprint density at radius 2 is 1.44 bits per heavy atom. The molecule has 2 aromatic heterocycles. The molecular weight excluding hydrogens is 340 g/mol. The number of hydrogen-bond acceptors (Lipinski definition) is 5. The zero-order chi connectivity index (χ0) is 18.6. The molecule has 134 valence electrons. The monoisotopic (exact) mass is 358 g/mol. The molecule has 0 atom stereocenters. The van der Waals surface area contributed by atoms with E-state index in [4.69, 9.17) is 14.6 Å². The Balaban J connectivity index is 1.85. The molecule has 0 radical (unpaired) electrons. The fraction of sp³-hybridized carbons (Fsp3) is 0.0952.